The smallest absolute Gasteiger partial charge is 0.219 e. The Kier molecular flexibility index (Phi) is 4.96. The molecule has 4 rings (SSSR count). The van der Waals surface area contributed by atoms with E-state index in [-0.39, 0.29) is 17.8 Å². The number of rotatable bonds is 4. The van der Waals surface area contributed by atoms with Gasteiger partial charge in [0.1, 0.15) is 5.82 Å². The quantitative estimate of drug-likeness (QED) is 0.831. The van der Waals surface area contributed by atoms with Crippen molar-refractivity contribution in [3.8, 4) is 0 Å². The number of amides is 1. The van der Waals surface area contributed by atoms with Crippen molar-refractivity contribution in [3.05, 3.63) is 65.2 Å². The van der Waals surface area contributed by atoms with Gasteiger partial charge in [-0.1, -0.05) is 25.1 Å². The maximum Gasteiger partial charge on any atom is 0.219 e. The van der Waals surface area contributed by atoms with Crippen LogP contribution in [-0.2, 0) is 17.8 Å². The van der Waals surface area contributed by atoms with Crippen molar-refractivity contribution in [2.75, 3.05) is 19.6 Å². The lowest BCUT2D eigenvalue weighted by Crippen LogP contribution is -2.34. The number of hydrogen-bond donors (Lipinski definition) is 0. The first-order valence-corrected chi connectivity index (χ1v) is 9.74. The normalized spacial score (nSPS) is 25.0. The minimum atomic E-state index is -0.241. The zero-order valence-electron chi connectivity index (χ0n) is 15.9. The number of carbonyl (C=O) groups is 1. The first-order chi connectivity index (χ1) is 13.0. The number of pyridine rings is 1. The van der Waals surface area contributed by atoms with Crippen molar-refractivity contribution in [2.24, 2.45) is 11.8 Å². The van der Waals surface area contributed by atoms with E-state index in [2.05, 4.69) is 28.9 Å². The SMILES string of the molecule is CCc1ccc(CN2C[C@@H]3CN(C(C)=O)[C@@H](c4cccc(F)c4)[C@@H]3C2)nc1. The van der Waals surface area contributed by atoms with E-state index in [0.717, 1.165) is 43.9 Å². The van der Waals surface area contributed by atoms with Crippen LogP contribution in [0.25, 0.3) is 0 Å². The summed E-state index contributed by atoms with van der Waals surface area (Å²) in [5, 5.41) is 0. The molecule has 3 heterocycles. The topological polar surface area (TPSA) is 36.4 Å². The molecule has 1 aromatic carbocycles. The molecule has 1 amide bonds. The fourth-order valence-corrected chi connectivity index (χ4v) is 4.70. The Morgan fingerprint density at radius 3 is 2.74 bits per heavy atom. The van der Waals surface area contributed by atoms with E-state index < -0.39 is 0 Å². The third-order valence-corrected chi connectivity index (χ3v) is 6.01. The van der Waals surface area contributed by atoms with Crippen molar-refractivity contribution in [3.63, 3.8) is 0 Å². The van der Waals surface area contributed by atoms with Gasteiger partial charge in [-0.05, 0) is 41.7 Å². The Morgan fingerprint density at radius 2 is 2.07 bits per heavy atom. The van der Waals surface area contributed by atoms with Gasteiger partial charge in [0.2, 0.25) is 5.91 Å². The van der Waals surface area contributed by atoms with Gasteiger partial charge in [0.05, 0.1) is 11.7 Å². The van der Waals surface area contributed by atoms with E-state index in [1.54, 1.807) is 19.1 Å². The number of nitrogens with zero attached hydrogens (tertiary/aromatic N) is 3. The Labute approximate surface area is 160 Å². The van der Waals surface area contributed by atoms with Crippen LogP contribution in [0.4, 0.5) is 4.39 Å². The van der Waals surface area contributed by atoms with E-state index in [4.69, 9.17) is 0 Å². The van der Waals surface area contributed by atoms with Gasteiger partial charge in [-0.15, -0.1) is 0 Å². The largest absolute Gasteiger partial charge is 0.335 e. The highest BCUT2D eigenvalue weighted by atomic mass is 19.1. The molecule has 0 aliphatic carbocycles. The minimum Gasteiger partial charge on any atom is -0.335 e. The van der Waals surface area contributed by atoms with Gasteiger partial charge in [0, 0.05) is 45.2 Å². The summed E-state index contributed by atoms with van der Waals surface area (Å²) >= 11 is 0. The number of halogens is 1. The van der Waals surface area contributed by atoms with Crippen LogP contribution >= 0.6 is 0 Å². The van der Waals surface area contributed by atoms with Gasteiger partial charge in [0.15, 0.2) is 0 Å². The molecule has 142 valence electrons. The molecule has 2 fully saturated rings. The van der Waals surface area contributed by atoms with Crippen LogP contribution in [0.5, 0.6) is 0 Å². The van der Waals surface area contributed by atoms with Crippen molar-refractivity contribution in [2.45, 2.75) is 32.9 Å². The molecule has 2 aliphatic heterocycles. The van der Waals surface area contributed by atoms with E-state index in [0.29, 0.717) is 11.8 Å². The summed E-state index contributed by atoms with van der Waals surface area (Å²) in [4.78, 5) is 21.1. The molecule has 0 unspecified atom stereocenters. The second-order valence-electron chi connectivity index (χ2n) is 7.80. The van der Waals surface area contributed by atoms with Gasteiger partial charge in [0.25, 0.3) is 0 Å². The second-order valence-corrected chi connectivity index (χ2v) is 7.80. The molecule has 0 N–H and O–H groups in total. The molecular weight excluding hydrogens is 341 g/mol. The monoisotopic (exact) mass is 367 g/mol. The first-order valence-electron chi connectivity index (χ1n) is 9.74. The van der Waals surface area contributed by atoms with Gasteiger partial charge in [-0.3, -0.25) is 14.7 Å². The zero-order chi connectivity index (χ0) is 19.0. The molecule has 0 radical (unpaired) electrons. The number of carbonyl (C=O) groups excluding carboxylic acids is 1. The third kappa shape index (κ3) is 3.61. The predicted molar refractivity (Wildman–Crippen MR) is 102 cm³/mol. The maximum absolute atomic E-state index is 13.8. The average molecular weight is 367 g/mol. The lowest BCUT2D eigenvalue weighted by molar-refractivity contribution is -0.130. The number of aryl methyl sites for hydroxylation is 1. The fraction of sp³-hybridized carbons (Fsp3) is 0.455. The van der Waals surface area contributed by atoms with Crippen LogP contribution in [0.2, 0.25) is 0 Å². The van der Waals surface area contributed by atoms with E-state index in [1.165, 1.54) is 11.6 Å². The summed E-state index contributed by atoms with van der Waals surface area (Å²) < 4.78 is 13.8. The zero-order valence-corrected chi connectivity index (χ0v) is 15.9. The summed E-state index contributed by atoms with van der Waals surface area (Å²) in [7, 11) is 0. The molecule has 3 atom stereocenters. The Morgan fingerprint density at radius 1 is 1.22 bits per heavy atom. The molecule has 27 heavy (non-hydrogen) atoms. The summed E-state index contributed by atoms with van der Waals surface area (Å²) in [5.74, 6) is 0.597. The molecule has 0 spiro atoms. The highest BCUT2D eigenvalue weighted by Gasteiger charge is 2.48. The fourth-order valence-electron chi connectivity index (χ4n) is 4.70. The number of aromatic nitrogens is 1. The standard InChI is InChI=1S/C22H26FN3O/c1-3-16-7-8-20(24-10-16)13-25-11-18-12-26(15(2)27)22(21(18)14-25)17-5-4-6-19(23)9-17/h4-10,18,21-22H,3,11-14H2,1-2H3/t18-,21-,22+/m1/s1. The van der Waals surface area contributed by atoms with Crippen molar-refractivity contribution in [1.82, 2.24) is 14.8 Å². The van der Waals surface area contributed by atoms with E-state index >= 15 is 0 Å². The van der Waals surface area contributed by atoms with Gasteiger partial charge < -0.3 is 4.90 Å². The molecule has 1 aromatic heterocycles. The van der Waals surface area contributed by atoms with Crippen molar-refractivity contribution < 1.29 is 9.18 Å². The Hall–Kier alpha value is -2.27. The predicted octanol–water partition coefficient (Wildman–Crippen LogP) is 3.43. The van der Waals surface area contributed by atoms with Crippen LogP contribution in [0.1, 0.15) is 36.7 Å². The van der Waals surface area contributed by atoms with Crippen LogP contribution < -0.4 is 0 Å². The number of benzene rings is 1. The van der Waals surface area contributed by atoms with Crippen molar-refractivity contribution >= 4 is 5.91 Å². The molecule has 4 nitrogen and oxygen atoms in total. The molecule has 5 heteroatoms. The average Bonchev–Trinajstić information content (AvgIpc) is 3.19. The van der Waals surface area contributed by atoms with E-state index in [1.807, 2.05) is 17.2 Å². The second kappa shape index (κ2) is 7.39. The Balaban J connectivity index is 1.52. The minimum absolute atomic E-state index is 0.0383. The van der Waals surface area contributed by atoms with Gasteiger partial charge >= 0.3 is 0 Å². The molecule has 2 aliphatic rings. The molecule has 0 saturated carbocycles. The van der Waals surface area contributed by atoms with Gasteiger partial charge in [-0.25, -0.2) is 4.39 Å². The summed E-state index contributed by atoms with van der Waals surface area (Å²) in [5.41, 5.74) is 3.24. The first kappa shape index (κ1) is 18.1. The molecule has 2 aromatic rings. The van der Waals surface area contributed by atoms with Crippen LogP contribution in [-0.4, -0.2) is 40.3 Å². The number of hydrogen-bond acceptors (Lipinski definition) is 3. The summed E-state index contributed by atoms with van der Waals surface area (Å²) in [6.07, 6.45) is 2.95. The molecule has 0 bridgehead atoms. The third-order valence-electron chi connectivity index (χ3n) is 6.01. The summed E-state index contributed by atoms with van der Waals surface area (Å²) in [6.45, 7) is 7.19. The van der Waals surface area contributed by atoms with Crippen LogP contribution in [0, 0.1) is 17.7 Å². The lowest BCUT2D eigenvalue weighted by atomic mass is 9.89. The van der Waals surface area contributed by atoms with Crippen molar-refractivity contribution in [1.29, 1.82) is 0 Å². The van der Waals surface area contributed by atoms with E-state index in [9.17, 15) is 9.18 Å². The maximum atomic E-state index is 13.8. The molecular formula is C22H26FN3O. The highest BCUT2D eigenvalue weighted by Crippen LogP contribution is 2.45. The van der Waals surface area contributed by atoms with Crippen LogP contribution in [0.3, 0.4) is 0 Å². The summed E-state index contributed by atoms with van der Waals surface area (Å²) in [6, 6.07) is 10.9. The van der Waals surface area contributed by atoms with Crippen LogP contribution in [0.15, 0.2) is 42.6 Å². The number of likely N-dealkylation sites (tertiary alicyclic amines) is 2. The number of fused-ring (bicyclic) bond motifs is 1. The Bertz CT molecular complexity index is 823. The lowest BCUT2D eigenvalue weighted by Gasteiger charge is -2.29. The highest BCUT2D eigenvalue weighted by molar-refractivity contribution is 5.74. The van der Waals surface area contributed by atoms with Gasteiger partial charge in [-0.2, -0.15) is 0 Å². The molecule has 2 saturated heterocycles.